The smallest absolute Gasteiger partial charge is 0.221 e. The molecule has 2 heterocycles. The summed E-state index contributed by atoms with van der Waals surface area (Å²) in [5, 5.41) is 10.3. The third-order valence-electron chi connectivity index (χ3n) is 3.88. The van der Waals surface area contributed by atoms with Gasteiger partial charge in [-0.1, -0.05) is 6.92 Å². The van der Waals surface area contributed by atoms with E-state index in [2.05, 4.69) is 25.6 Å². The number of aliphatic imine (C=N–C) groups is 1. The van der Waals surface area contributed by atoms with E-state index >= 15 is 0 Å². The molecule has 1 fully saturated rings. The van der Waals surface area contributed by atoms with Gasteiger partial charge in [-0.25, -0.2) is 0 Å². The van der Waals surface area contributed by atoms with Crippen LogP contribution < -0.4 is 10.6 Å². The number of carbonyl (C=O) groups excluding carboxylic acids is 1. The number of nitrogens with zero attached hydrogens (tertiary/aromatic N) is 4. The molecule has 142 valence electrons. The van der Waals surface area contributed by atoms with Crippen molar-refractivity contribution < 1.29 is 9.53 Å². The van der Waals surface area contributed by atoms with Gasteiger partial charge >= 0.3 is 0 Å². The second kappa shape index (κ2) is 11.3. The van der Waals surface area contributed by atoms with Crippen molar-refractivity contribution in [1.82, 2.24) is 25.3 Å². The van der Waals surface area contributed by atoms with Crippen molar-refractivity contribution in [1.29, 1.82) is 0 Å². The van der Waals surface area contributed by atoms with E-state index < -0.39 is 0 Å². The van der Waals surface area contributed by atoms with Gasteiger partial charge in [-0.05, 0) is 6.42 Å². The Hall–Kier alpha value is -1.36. The van der Waals surface area contributed by atoms with Gasteiger partial charge in [0.25, 0.3) is 0 Å². The van der Waals surface area contributed by atoms with Crippen LogP contribution in [0.1, 0.15) is 31.4 Å². The molecule has 1 saturated heterocycles. The van der Waals surface area contributed by atoms with Crippen LogP contribution in [0.3, 0.4) is 0 Å². The van der Waals surface area contributed by atoms with Crippen LogP contribution in [0.25, 0.3) is 0 Å². The van der Waals surface area contributed by atoms with Crippen molar-refractivity contribution in [2.75, 3.05) is 39.8 Å². The SMILES string of the molecule is CCCNC(=O)CCNC(=NC)N1CCOC(c2cnn(C)c2)C1.I. The molecule has 1 aliphatic heterocycles. The van der Waals surface area contributed by atoms with E-state index in [-0.39, 0.29) is 36.0 Å². The Labute approximate surface area is 166 Å². The van der Waals surface area contributed by atoms with Crippen LogP contribution in [0.15, 0.2) is 17.4 Å². The summed E-state index contributed by atoms with van der Waals surface area (Å²) in [5.41, 5.74) is 1.07. The maximum absolute atomic E-state index is 11.7. The minimum atomic E-state index is -0.0150. The second-order valence-electron chi connectivity index (χ2n) is 5.83. The van der Waals surface area contributed by atoms with E-state index in [4.69, 9.17) is 4.74 Å². The average molecular weight is 464 g/mol. The first kappa shape index (κ1) is 21.7. The molecule has 1 aliphatic rings. The monoisotopic (exact) mass is 464 g/mol. The van der Waals surface area contributed by atoms with Gasteiger partial charge in [0.1, 0.15) is 6.10 Å². The number of halogens is 1. The van der Waals surface area contributed by atoms with Gasteiger partial charge in [-0.2, -0.15) is 5.10 Å². The lowest BCUT2D eigenvalue weighted by Crippen LogP contribution is -2.48. The molecule has 0 saturated carbocycles. The molecule has 0 aliphatic carbocycles. The second-order valence-corrected chi connectivity index (χ2v) is 5.83. The minimum Gasteiger partial charge on any atom is -0.370 e. The predicted molar refractivity (Wildman–Crippen MR) is 108 cm³/mol. The van der Waals surface area contributed by atoms with E-state index in [1.807, 2.05) is 26.4 Å². The molecule has 1 aromatic heterocycles. The molecule has 25 heavy (non-hydrogen) atoms. The maximum atomic E-state index is 11.7. The van der Waals surface area contributed by atoms with Crippen LogP contribution in [-0.2, 0) is 16.6 Å². The predicted octanol–water partition coefficient (Wildman–Crippen LogP) is 0.903. The molecular weight excluding hydrogens is 435 g/mol. The third-order valence-corrected chi connectivity index (χ3v) is 3.88. The Balaban J connectivity index is 0.00000312. The summed E-state index contributed by atoms with van der Waals surface area (Å²) in [6.07, 6.45) is 5.18. The number of hydrogen-bond acceptors (Lipinski definition) is 4. The topological polar surface area (TPSA) is 83.8 Å². The van der Waals surface area contributed by atoms with Crippen molar-refractivity contribution in [3.63, 3.8) is 0 Å². The van der Waals surface area contributed by atoms with Gasteiger partial charge in [0, 0.05) is 51.9 Å². The molecular formula is C16H29IN6O2. The minimum absolute atomic E-state index is 0. The summed E-state index contributed by atoms with van der Waals surface area (Å²) in [6, 6.07) is 0. The number of aryl methyl sites for hydroxylation is 1. The van der Waals surface area contributed by atoms with Crippen molar-refractivity contribution in [3.8, 4) is 0 Å². The molecule has 1 aromatic rings. The fourth-order valence-electron chi connectivity index (χ4n) is 2.62. The summed E-state index contributed by atoms with van der Waals surface area (Å²) >= 11 is 0. The van der Waals surface area contributed by atoms with Gasteiger partial charge in [-0.15, -0.1) is 24.0 Å². The number of amides is 1. The Morgan fingerprint density at radius 1 is 1.44 bits per heavy atom. The first-order valence-corrected chi connectivity index (χ1v) is 8.46. The highest BCUT2D eigenvalue weighted by Crippen LogP contribution is 2.21. The highest BCUT2D eigenvalue weighted by molar-refractivity contribution is 14.0. The molecule has 0 bridgehead atoms. The van der Waals surface area contributed by atoms with Crippen molar-refractivity contribution >= 4 is 35.8 Å². The van der Waals surface area contributed by atoms with Crippen LogP contribution in [0.2, 0.25) is 0 Å². The van der Waals surface area contributed by atoms with E-state index in [0.717, 1.165) is 31.0 Å². The van der Waals surface area contributed by atoms with Gasteiger partial charge in [-0.3, -0.25) is 14.5 Å². The van der Waals surface area contributed by atoms with Gasteiger partial charge in [0.15, 0.2) is 5.96 Å². The number of aromatic nitrogens is 2. The lowest BCUT2D eigenvalue weighted by Gasteiger charge is -2.34. The number of guanidine groups is 1. The Kier molecular flexibility index (Phi) is 9.79. The van der Waals surface area contributed by atoms with E-state index in [0.29, 0.717) is 26.1 Å². The highest BCUT2D eigenvalue weighted by atomic mass is 127. The first-order valence-electron chi connectivity index (χ1n) is 8.46. The van der Waals surface area contributed by atoms with Crippen LogP contribution in [-0.4, -0.2) is 66.4 Å². The number of nitrogens with one attached hydrogen (secondary N) is 2. The number of morpholine rings is 1. The maximum Gasteiger partial charge on any atom is 0.221 e. The number of hydrogen-bond donors (Lipinski definition) is 2. The molecule has 9 heteroatoms. The number of carbonyl (C=O) groups is 1. The molecule has 0 spiro atoms. The Morgan fingerprint density at radius 3 is 2.88 bits per heavy atom. The summed E-state index contributed by atoms with van der Waals surface area (Å²) in [4.78, 5) is 18.1. The summed E-state index contributed by atoms with van der Waals surface area (Å²) < 4.78 is 7.62. The van der Waals surface area contributed by atoms with E-state index in [9.17, 15) is 4.79 Å². The molecule has 2 N–H and O–H groups in total. The van der Waals surface area contributed by atoms with Crippen LogP contribution in [0.5, 0.6) is 0 Å². The lowest BCUT2D eigenvalue weighted by molar-refractivity contribution is -0.120. The Morgan fingerprint density at radius 2 is 2.24 bits per heavy atom. The first-order chi connectivity index (χ1) is 11.6. The third kappa shape index (κ3) is 6.81. The fourth-order valence-corrected chi connectivity index (χ4v) is 2.62. The summed E-state index contributed by atoms with van der Waals surface area (Å²) in [6.45, 7) is 5.46. The highest BCUT2D eigenvalue weighted by Gasteiger charge is 2.25. The average Bonchev–Trinajstić information content (AvgIpc) is 3.03. The van der Waals surface area contributed by atoms with Crippen molar-refractivity contribution in [3.05, 3.63) is 18.0 Å². The van der Waals surface area contributed by atoms with E-state index in [1.54, 1.807) is 11.7 Å². The van der Waals surface area contributed by atoms with Crippen LogP contribution >= 0.6 is 24.0 Å². The van der Waals surface area contributed by atoms with Crippen molar-refractivity contribution in [2.45, 2.75) is 25.9 Å². The van der Waals surface area contributed by atoms with Gasteiger partial charge in [0.2, 0.25) is 5.91 Å². The lowest BCUT2D eigenvalue weighted by atomic mass is 10.1. The van der Waals surface area contributed by atoms with Gasteiger partial charge < -0.3 is 20.3 Å². The number of rotatable bonds is 6. The fraction of sp³-hybridized carbons (Fsp3) is 0.688. The standard InChI is InChI=1S/C16H28N6O2.HI/c1-4-6-18-15(23)5-7-19-16(17-2)22-8-9-24-14(12-22)13-10-20-21(3)11-13;/h10-11,14H,4-9,12H2,1-3H3,(H,17,19)(H,18,23);1H. The zero-order valence-corrected chi connectivity index (χ0v) is 17.5. The van der Waals surface area contributed by atoms with Gasteiger partial charge in [0.05, 0.1) is 19.3 Å². The van der Waals surface area contributed by atoms with Crippen LogP contribution in [0.4, 0.5) is 0 Å². The normalized spacial score (nSPS) is 17.8. The van der Waals surface area contributed by atoms with E-state index in [1.165, 1.54) is 0 Å². The molecule has 0 aromatic carbocycles. The molecule has 2 rings (SSSR count). The summed E-state index contributed by atoms with van der Waals surface area (Å²) in [7, 11) is 3.65. The molecule has 0 radical (unpaired) electrons. The zero-order valence-electron chi connectivity index (χ0n) is 15.2. The Bertz CT molecular complexity index is 563. The molecule has 1 amide bonds. The molecule has 1 atom stereocenters. The van der Waals surface area contributed by atoms with Crippen LogP contribution in [0, 0.1) is 0 Å². The zero-order chi connectivity index (χ0) is 17.4. The molecule has 1 unspecified atom stereocenters. The number of ether oxygens (including phenoxy) is 1. The quantitative estimate of drug-likeness (QED) is 0.372. The molecule has 8 nitrogen and oxygen atoms in total. The van der Waals surface area contributed by atoms with Crippen molar-refractivity contribution in [2.24, 2.45) is 12.0 Å². The summed E-state index contributed by atoms with van der Waals surface area (Å²) in [5.74, 6) is 0.866. The largest absolute Gasteiger partial charge is 0.370 e.